The summed E-state index contributed by atoms with van der Waals surface area (Å²) >= 11 is 0. The van der Waals surface area contributed by atoms with Gasteiger partial charge in [-0.1, -0.05) is 0 Å². The Kier molecular flexibility index (Phi) is 5.97. The van der Waals surface area contributed by atoms with Crippen LogP contribution in [0, 0.1) is 5.82 Å². The lowest BCUT2D eigenvalue weighted by atomic mass is 10.3. The first-order valence-corrected chi connectivity index (χ1v) is 7.47. The lowest BCUT2D eigenvalue weighted by molar-refractivity contribution is 0.487. The van der Waals surface area contributed by atoms with Crippen molar-refractivity contribution in [3.8, 4) is 5.69 Å². The fraction of sp³-hybridized carbons (Fsp3) is 0.375. The largest absolute Gasteiger partial charge is 0.370 e. The number of guanidine groups is 1. The van der Waals surface area contributed by atoms with Gasteiger partial charge in [0.15, 0.2) is 5.96 Å². The zero-order chi connectivity index (χ0) is 15.5. The zero-order valence-corrected chi connectivity index (χ0v) is 15.4. The van der Waals surface area contributed by atoms with Crippen molar-refractivity contribution < 1.29 is 4.39 Å². The van der Waals surface area contributed by atoms with Crippen molar-refractivity contribution in [3.63, 3.8) is 0 Å². The monoisotopic (exact) mass is 429 g/mol. The second kappa shape index (κ2) is 7.76. The van der Waals surface area contributed by atoms with E-state index in [1.165, 1.54) is 25.0 Å². The Morgan fingerprint density at radius 3 is 2.70 bits per heavy atom. The van der Waals surface area contributed by atoms with E-state index in [0.717, 1.165) is 17.8 Å². The summed E-state index contributed by atoms with van der Waals surface area (Å²) in [5.74, 6) is 0.348. The Labute approximate surface area is 152 Å². The molecule has 5 nitrogen and oxygen atoms in total. The molecule has 1 saturated carbocycles. The molecule has 0 unspecified atom stereocenters. The first-order valence-electron chi connectivity index (χ1n) is 7.47. The molecule has 0 spiro atoms. The van der Waals surface area contributed by atoms with Crippen LogP contribution in [0.25, 0.3) is 5.69 Å². The van der Waals surface area contributed by atoms with E-state index < -0.39 is 0 Å². The maximum absolute atomic E-state index is 12.9. The third kappa shape index (κ3) is 4.66. The first-order chi connectivity index (χ1) is 10.6. The van der Waals surface area contributed by atoms with Gasteiger partial charge in [-0.25, -0.2) is 9.07 Å². The molecule has 7 heteroatoms. The number of rotatable bonds is 5. The van der Waals surface area contributed by atoms with E-state index in [1.54, 1.807) is 16.8 Å². The van der Waals surface area contributed by atoms with E-state index in [-0.39, 0.29) is 29.8 Å². The van der Waals surface area contributed by atoms with Crippen LogP contribution in [0.1, 0.15) is 18.5 Å². The van der Waals surface area contributed by atoms with Crippen molar-refractivity contribution in [2.45, 2.75) is 25.3 Å². The minimum atomic E-state index is -0.249. The highest BCUT2D eigenvalue weighted by Crippen LogP contribution is 2.24. The molecule has 0 amide bonds. The molecule has 23 heavy (non-hydrogen) atoms. The highest BCUT2D eigenvalue weighted by Gasteiger charge is 2.27. The lowest BCUT2D eigenvalue weighted by Crippen LogP contribution is -2.35. The van der Waals surface area contributed by atoms with Gasteiger partial charge in [0.2, 0.25) is 0 Å². The molecule has 0 saturated heterocycles. The van der Waals surface area contributed by atoms with Gasteiger partial charge in [-0.05, 0) is 43.2 Å². The molecular formula is C16H21FIN5. The third-order valence-electron chi connectivity index (χ3n) is 3.83. The summed E-state index contributed by atoms with van der Waals surface area (Å²) in [6, 6.07) is 8.77. The molecule has 0 aliphatic heterocycles. The summed E-state index contributed by atoms with van der Waals surface area (Å²) in [4.78, 5) is 6.43. The van der Waals surface area contributed by atoms with Gasteiger partial charge < -0.3 is 10.6 Å². The number of halogens is 2. The summed E-state index contributed by atoms with van der Waals surface area (Å²) < 4.78 is 14.7. The van der Waals surface area contributed by atoms with Crippen LogP contribution in [-0.4, -0.2) is 40.3 Å². The highest BCUT2D eigenvalue weighted by atomic mass is 127. The Bertz CT molecular complexity index is 663. The molecule has 1 fully saturated rings. The molecule has 0 atom stereocenters. The SMILES string of the molecule is CN(C(N)=NCCc1ccn(-c2ccc(F)cc2)n1)C1CC1.I. The number of aliphatic imine (C=N–C) groups is 1. The van der Waals surface area contributed by atoms with Gasteiger partial charge in [-0.2, -0.15) is 5.10 Å². The van der Waals surface area contributed by atoms with Crippen molar-refractivity contribution in [1.29, 1.82) is 0 Å². The smallest absolute Gasteiger partial charge is 0.191 e. The van der Waals surface area contributed by atoms with Crippen LogP contribution in [0.5, 0.6) is 0 Å². The minimum absolute atomic E-state index is 0. The fourth-order valence-corrected chi connectivity index (χ4v) is 2.28. The number of aromatic nitrogens is 2. The van der Waals surface area contributed by atoms with E-state index in [2.05, 4.69) is 10.1 Å². The molecule has 124 valence electrons. The van der Waals surface area contributed by atoms with Gasteiger partial charge in [0.1, 0.15) is 5.82 Å². The summed E-state index contributed by atoms with van der Waals surface area (Å²) in [5.41, 5.74) is 7.72. The maximum atomic E-state index is 12.9. The van der Waals surface area contributed by atoms with Gasteiger partial charge in [-0.3, -0.25) is 4.99 Å². The number of hydrogen-bond donors (Lipinski definition) is 1. The summed E-state index contributed by atoms with van der Waals surface area (Å²) in [7, 11) is 1.99. The zero-order valence-electron chi connectivity index (χ0n) is 13.0. The van der Waals surface area contributed by atoms with Crippen LogP contribution < -0.4 is 5.73 Å². The molecule has 1 aliphatic rings. The average Bonchev–Trinajstić information content (AvgIpc) is 3.26. The van der Waals surface area contributed by atoms with Crippen molar-refractivity contribution >= 4 is 29.9 Å². The van der Waals surface area contributed by atoms with Crippen LogP contribution in [0.2, 0.25) is 0 Å². The molecule has 0 radical (unpaired) electrons. The number of benzene rings is 1. The van der Waals surface area contributed by atoms with Gasteiger partial charge in [0, 0.05) is 32.3 Å². The normalized spacial score (nSPS) is 14.4. The van der Waals surface area contributed by atoms with Gasteiger partial charge in [0.05, 0.1) is 11.4 Å². The summed E-state index contributed by atoms with van der Waals surface area (Å²) in [5, 5.41) is 4.47. The van der Waals surface area contributed by atoms with Crippen molar-refractivity contribution in [2.75, 3.05) is 13.6 Å². The molecule has 1 aromatic heterocycles. The van der Waals surface area contributed by atoms with E-state index in [0.29, 0.717) is 18.5 Å². The number of hydrogen-bond acceptors (Lipinski definition) is 2. The quantitative estimate of drug-likeness (QED) is 0.452. The van der Waals surface area contributed by atoms with Crippen molar-refractivity contribution in [3.05, 3.63) is 48.0 Å². The Balaban J connectivity index is 0.00000192. The lowest BCUT2D eigenvalue weighted by Gasteiger charge is -2.16. The third-order valence-corrected chi connectivity index (χ3v) is 3.83. The molecule has 1 aliphatic carbocycles. The highest BCUT2D eigenvalue weighted by molar-refractivity contribution is 14.0. The Morgan fingerprint density at radius 1 is 1.35 bits per heavy atom. The standard InChI is InChI=1S/C16H20FN5.HI/c1-21(14-6-7-14)16(18)19-10-8-13-9-11-22(20-13)15-4-2-12(17)3-5-15;/h2-5,9,11,14H,6-8,10H2,1H3,(H2,18,19);1H. The average molecular weight is 429 g/mol. The minimum Gasteiger partial charge on any atom is -0.370 e. The van der Waals surface area contributed by atoms with E-state index >= 15 is 0 Å². The van der Waals surface area contributed by atoms with E-state index in [4.69, 9.17) is 5.73 Å². The van der Waals surface area contributed by atoms with Gasteiger partial charge in [0.25, 0.3) is 0 Å². The number of nitrogens with two attached hydrogens (primary N) is 1. The fourth-order valence-electron chi connectivity index (χ4n) is 2.28. The summed E-state index contributed by atoms with van der Waals surface area (Å²) in [6.07, 6.45) is 5.00. The Hall–Kier alpha value is -1.64. The van der Waals surface area contributed by atoms with Crippen LogP contribution in [-0.2, 0) is 6.42 Å². The van der Waals surface area contributed by atoms with Gasteiger partial charge >= 0.3 is 0 Å². The predicted molar refractivity (Wildman–Crippen MR) is 99.9 cm³/mol. The topological polar surface area (TPSA) is 59.4 Å². The molecule has 1 heterocycles. The van der Waals surface area contributed by atoms with E-state index in [1.807, 2.05) is 24.2 Å². The van der Waals surface area contributed by atoms with Crippen LogP contribution in [0.3, 0.4) is 0 Å². The maximum Gasteiger partial charge on any atom is 0.191 e. The van der Waals surface area contributed by atoms with Crippen molar-refractivity contribution in [2.24, 2.45) is 10.7 Å². The van der Waals surface area contributed by atoms with Crippen LogP contribution in [0.15, 0.2) is 41.5 Å². The number of nitrogens with zero attached hydrogens (tertiary/aromatic N) is 4. The van der Waals surface area contributed by atoms with Gasteiger partial charge in [-0.15, -0.1) is 24.0 Å². The van der Waals surface area contributed by atoms with Crippen LogP contribution >= 0.6 is 24.0 Å². The second-order valence-electron chi connectivity index (χ2n) is 5.56. The molecule has 2 aromatic rings. The van der Waals surface area contributed by atoms with Crippen LogP contribution in [0.4, 0.5) is 4.39 Å². The molecule has 0 bridgehead atoms. The first kappa shape index (κ1) is 17.7. The van der Waals surface area contributed by atoms with E-state index in [9.17, 15) is 4.39 Å². The molecular weight excluding hydrogens is 408 g/mol. The molecule has 1 aromatic carbocycles. The molecule has 3 rings (SSSR count). The second-order valence-corrected chi connectivity index (χ2v) is 5.56. The predicted octanol–water partition coefficient (Wildman–Crippen LogP) is 2.58. The molecule has 2 N–H and O–H groups in total. The van der Waals surface area contributed by atoms with Crippen molar-refractivity contribution in [1.82, 2.24) is 14.7 Å². The Morgan fingerprint density at radius 2 is 2.04 bits per heavy atom. The summed E-state index contributed by atoms with van der Waals surface area (Å²) in [6.45, 7) is 0.614.